The summed E-state index contributed by atoms with van der Waals surface area (Å²) < 4.78 is 0. The quantitative estimate of drug-likeness (QED) is 0.886. The Morgan fingerprint density at radius 1 is 1.42 bits per heavy atom. The molecule has 0 radical (unpaired) electrons. The molecule has 3 nitrogen and oxygen atoms in total. The van der Waals surface area contributed by atoms with E-state index in [4.69, 9.17) is 0 Å². The van der Waals surface area contributed by atoms with E-state index < -0.39 is 0 Å². The van der Waals surface area contributed by atoms with Gasteiger partial charge in [-0.05, 0) is 29.7 Å². The molecular weight excluding hydrogens is 256 g/mol. The zero-order valence-corrected chi connectivity index (χ0v) is 11.8. The van der Waals surface area contributed by atoms with E-state index in [1.54, 1.807) is 0 Å². The van der Waals surface area contributed by atoms with E-state index in [0.29, 0.717) is 5.25 Å². The summed E-state index contributed by atoms with van der Waals surface area (Å²) in [6.07, 6.45) is 2.53. The van der Waals surface area contributed by atoms with Gasteiger partial charge in [-0.1, -0.05) is 24.3 Å². The molecule has 0 spiro atoms. The van der Waals surface area contributed by atoms with Crippen molar-refractivity contribution in [3.8, 4) is 0 Å². The number of fused-ring (bicyclic) bond motifs is 1. The predicted octanol–water partition coefficient (Wildman–Crippen LogP) is 1.89. The Labute approximate surface area is 118 Å². The first-order valence-corrected chi connectivity index (χ1v) is 8.07. The molecule has 0 aromatic heterocycles. The Balaban J connectivity index is 1.64. The second-order valence-electron chi connectivity index (χ2n) is 5.26. The third-order valence-electron chi connectivity index (χ3n) is 3.94. The van der Waals surface area contributed by atoms with Gasteiger partial charge < -0.3 is 10.6 Å². The first-order valence-electron chi connectivity index (χ1n) is 7.02. The number of hydrogen-bond acceptors (Lipinski definition) is 3. The van der Waals surface area contributed by atoms with Gasteiger partial charge in [0.05, 0.1) is 5.92 Å². The van der Waals surface area contributed by atoms with E-state index in [1.807, 2.05) is 23.9 Å². The normalized spacial score (nSPS) is 25.9. The molecule has 3 rings (SSSR count). The lowest BCUT2D eigenvalue weighted by Gasteiger charge is -2.26. The summed E-state index contributed by atoms with van der Waals surface area (Å²) in [7, 11) is 0. The van der Waals surface area contributed by atoms with Gasteiger partial charge in [0.15, 0.2) is 0 Å². The zero-order chi connectivity index (χ0) is 13.1. The van der Waals surface area contributed by atoms with Crippen LogP contribution in [0, 0.1) is 0 Å². The Bertz CT molecular complexity index is 457. The molecule has 1 fully saturated rings. The molecule has 2 atom stereocenters. The summed E-state index contributed by atoms with van der Waals surface area (Å²) in [5.41, 5.74) is 2.45. The topological polar surface area (TPSA) is 41.1 Å². The first kappa shape index (κ1) is 13.0. The lowest BCUT2D eigenvalue weighted by molar-refractivity contribution is -0.122. The molecule has 1 aromatic carbocycles. The van der Waals surface area contributed by atoms with Gasteiger partial charge in [-0.2, -0.15) is 11.8 Å². The number of carbonyl (C=O) groups excluding carboxylic acids is 1. The summed E-state index contributed by atoms with van der Waals surface area (Å²) in [5.74, 6) is 1.39. The molecule has 1 amide bonds. The molecule has 2 aliphatic rings. The number of rotatable bonds is 3. The van der Waals surface area contributed by atoms with Gasteiger partial charge in [0.1, 0.15) is 0 Å². The molecular formula is C15H20N2OS. The maximum absolute atomic E-state index is 12.4. The molecule has 4 heteroatoms. The van der Waals surface area contributed by atoms with Crippen molar-refractivity contribution in [2.75, 3.05) is 18.8 Å². The third kappa shape index (κ3) is 2.95. The molecule has 2 heterocycles. The number of carbonyl (C=O) groups is 1. The van der Waals surface area contributed by atoms with E-state index in [2.05, 4.69) is 22.8 Å². The summed E-state index contributed by atoms with van der Waals surface area (Å²) in [6, 6.07) is 8.26. The van der Waals surface area contributed by atoms with Gasteiger partial charge in [-0.25, -0.2) is 0 Å². The largest absolute Gasteiger partial charge is 0.354 e. The van der Waals surface area contributed by atoms with E-state index >= 15 is 0 Å². The lowest BCUT2D eigenvalue weighted by atomic mass is 9.90. The van der Waals surface area contributed by atoms with E-state index in [0.717, 1.165) is 19.6 Å². The highest BCUT2D eigenvalue weighted by molar-refractivity contribution is 8.00. The van der Waals surface area contributed by atoms with Crippen LogP contribution < -0.4 is 10.6 Å². The van der Waals surface area contributed by atoms with Crippen LogP contribution in [0.3, 0.4) is 0 Å². The van der Waals surface area contributed by atoms with Crippen LogP contribution in [0.25, 0.3) is 0 Å². The Morgan fingerprint density at radius 2 is 2.32 bits per heavy atom. The fourth-order valence-corrected chi connectivity index (χ4v) is 4.07. The average molecular weight is 276 g/mol. The highest BCUT2D eigenvalue weighted by atomic mass is 32.2. The van der Waals surface area contributed by atoms with Crippen molar-refractivity contribution in [1.29, 1.82) is 0 Å². The highest BCUT2D eigenvalue weighted by Gasteiger charge is 2.26. The van der Waals surface area contributed by atoms with Gasteiger partial charge in [-0.3, -0.25) is 4.79 Å². The summed E-state index contributed by atoms with van der Waals surface area (Å²) in [4.78, 5) is 12.4. The summed E-state index contributed by atoms with van der Waals surface area (Å²) in [6.45, 7) is 2.45. The highest BCUT2D eigenvalue weighted by Crippen LogP contribution is 2.26. The second kappa shape index (κ2) is 5.97. The minimum absolute atomic E-state index is 0.0312. The summed E-state index contributed by atoms with van der Waals surface area (Å²) in [5, 5.41) is 7.09. The Kier molecular flexibility index (Phi) is 4.09. The van der Waals surface area contributed by atoms with E-state index in [1.165, 1.54) is 29.7 Å². The van der Waals surface area contributed by atoms with E-state index in [9.17, 15) is 4.79 Å². The van der Waals surface area contributed by atoms with Crippen LogP contribution >= 0.6 is 11.8 Å². The van der Waals surface area contributed by atoms with Gasteiger partial charge in [-0.15, -0.1) is 0 Å². The van der Waals surface area contributed by atoms with Crippen LogP contribution in [-0.2, 0) is 11.3 Å². The van der Waals surface area contributed by atoms with Crippen molar-refractivity contribution in [2.45, 2.75) is 30.6 Å². The van der Waals surface area contributed by atoms with Gasteiger partial charge in [0.25, 0.3) is 0 Å². The van der Waals surface area contributed by atoms with Crippen LogP contribution in [0.15, 0.2) is 24.3 Å². The average Bonchev–Trinajstić information content (AvgIpc) is 2.97. The molecule has 19 heavy (non-hydrogen) atoms. The van der Waals surface area contributed by atoms with Crippen molar-refractivity contribution in [2.24, 2.45) is 0 Å². The van der Waals surface area contributed by atoms with Crippen molar-refractivity contribution >= 4 is 17.7 Å². The van der Waals surface area contributed by atoms with Crippen LogP contribution in [0.1, 0.15) is 29.9 Å². The predicted molar refractivity (Wildman–Crippen MR) is 79.4 cm³/mol. The van der Waals surface area contributed by atoms with Crippen molar-refractivity contribution < 1.29 is 4.79 Å². The molecule has 2 aliphatic heterocycles. The maximum Gasteiger partial charge on any atom is 0.228 e. The van der Waals surface area contributed by atoms with Gasteiger partial charge >= 0.3 is 0 Å². The van der Waals surface area contributed by atoms with Crippen LogP contribution in [0.4, 0.5) is 0 Å². The minimum Gasteiger partial charge on any atom is -0.354 e. The number of nitrogens with one attached hydrogen (secondary N) is 2. The first-order chi connectivity index (χ1) is 9.34. The van der Waals surface area contributed by atoms with Crippen LogP contribution in [0.2, 0.25) is 0 Å². The molecule has 2 N–H and O–H groups in total. The van der Waals surface area contributed by atoms with Gasteiger partial charge in [0, 0.05) is 24.9 Å². The van der Waals surface area contributed by atoms with Crippen molar-refractivity contribution in [1.82, 2.24) is 10.6 Å². The number of thioether (sulfide) groups is 1. The molecule has 1 saturated heterocycles. The zero-order valence-electron chi connectivity index (χ0n) is 11.0. The third-order valence-corrected chi connectivity index (χ3v) is 5.34. The molecule has 0 aliphatic carbocycles. The Hall–Kier alpha value is -1.00. The second-order valence-corrected chi connectivity index (χ2v) is 6.67. The standard InChI is InChI=1S/C15H20N2OS/c18-15(17-9-12-5-3-7-19-12)14-10-16-8-11-4-1-2-6-13(11)14/h1-2,4,6,12,14,16H,3,5,7-10H2,(H,17,18). The fraction of sp³-hybridized carbons (Fsp3) is 0.533. The number of hydrogen-bond donors (Lipinski definition) is 2. The molecule has 0 bridgehead atoms. The summed E-state index contributed by atoms with van der Waals surface area (Å²) >= 11 is 1.99. The van der Waals surface area contributed by atoms with Crippen LogP contribution in [-0.4, -0.2) is 30.0 Å². The molecule has 2 unspecified atom stereocenters. The Morgan fingerprint density at radius 3 is 3.16 bits per heavy atom. The number of benzene rings is 1. The van der Waals surface area contributed by atoms with Gasteiger partial charge in [0.2, 0.25) is 5.91 Å². The lowest BCUT2D eigenvalue weighted by Crippen LogP contribution is -2.40. The maximum atomic E-state index is 12.4. The smallest absolute Gasteiger partial charge is 0.228 e. The molecule has 0 saturated carbocycles. The monoisotopic (exact) mass is 276 g/mol. The van der Waals surface area contributed by atoms with Crippen molar-refractivity contribution in [3.63, 3.8) is 0 Å². The minimum atomic E-state index is -0.0312. The number of amides is 1. The SMILES string of the molecule is O=C(NCC1CCCS1)C1CNCc2ccccc21. The van der Waals surface area contributed by atoms with Crippen molar-refractivity contribution in [3.05, 3.63) is 35.4 Å². The molecule has 102 valence electrons. The van der Waals surface area contributed by atoms with Crippen LogP contribution in [0.5, 0.6) is 0 Å². The van der Waals surface area contributed by atoms with E-state index in [-0.39, 0.29) is 11.8 Å². The fourth-order valence-electron chi connectivity index (χ4n) is 2.87. The molecule has 1 aromatic rings.